The van der Waals surface area contributed by atoms with Gasteiger partial charge in [-0.05, 0) is 57.7 Å². The maximum atomic E-state index is 13.8. The molecule has 1 aromatic heterocycles. The molecule has 4 rings (SSSR count). The van der Waals surface area contributed by atoms with E-state index in [2.05, 4.69) is 20.9 Å². The summed E-state index contributed by atoms with van der Waals surface area (Å²) in [6.07, 6.45) is 1.12. The molecular weight excluding hydrogens is 602 g/mol. The third kappa shape index (κ3) is 9.26. The molecule has 0 saturated carbocycles. The van der Waals surface area contributed by atoms with Crippen LogP contribution in [0.4, 0.5) is 0 Å². The number of carbonyl (C=O) groups is 4. The summed E-state index contributed by atoms with van der Waals surface area (Å²) >= 11 is 0. The van der Waals surface area contributed by atoms with E-state index in [1.165, 1.54) is 4.90 Å². The zero-order chi connectivity index (χ0) is 34.3. The van der Waals surface area contributed by atoms with Crippen molar-refractivity contribution < 1.29 is 33.8 Å². The molecule has 252 valence electrons. The second-order valence-electron chi connectivity index (χ2n) is 13.2. The number of ether oxygens (including phenoxy) is 2. The van der Waals surface area contributed by atoms with Crippen molar-refractivity contribution in [3.05, 3.63) is 72.6 Å². The molecule has 0 aliphatic carbocycles. The number of nitrogens with one attached hydrogen (secondary N) is 3. The molecule has 0 radical (unpaired) electrons. The molecular formula is C35H45N5O7. The first-order chi connectivity index (χ1) is 22.2. The van der Waals surface area contributed by atoms with Crippen LogP contribution in [0.15, 0.2) is 67.0 Å². The van der Waals surface area contributed by atoms with Crippen molar-refractivity contribution in [2.45, 2.75) is 83.8 Å². The highest BCUT2D eigenvalue weighted by Gasteiger charge is 2.45. The Kier molecular flexibility index (Phi) is 11.5. The molecule has 47 heavy (non-hydrogen) atoms. The van der Waals surface area contributed by atoms with Crippen LogP contribution in [0.2, 0.25) is 0 Å². The summed E-state index contributed by atoms with van der Waals surface area (Å²) in [4.78, 5) is 58.9. The van der Waals surface area contributed by atoms with Gasteiger partial charge in [0.2, 0.25) is 11.8 Å². The average molecular weight is 648 g/mol. The molecule has 3 aromatic rings. The first-order valence-corrected chi connectivity index (χ1v) is 15.8. The first kappa shape index (κ1) is 35.3. The third-order valence-electron chi connectivity index (χ3n) is 7.83. The Labute approximate surface area is 275 Å². The second-order valence-corrected chi connectivity index (χ2v) is 13.2. The minimum Gasteiger partial charge on any atom is -0.483 e. The fourth-order valence-electron chi connectivity index (χ4n) is 5.46. The Hall–Kier alpha value is -4.55. The van der Waals surface area contributed by atoms with E-state index in [0.29, 0.717) is 5.75 Å². The number of hydrogen-bond acceptors (Lipinski definition) is 8. The minimum atomic E-state index is -1.72. The highest BCUT2D eigenvalue weighted by atomic mass is 16.5. The maximum absolute atomic E-state index is 13.8. The molecule has 2 aromatic carbocycles. The molecule has 12 heteroatoms. The van der Waals surface area contributed by atoms with Crippen LogP contribution in [-0.4, -0.2) is 87.8 Å². The smallest absolute Gasteiger partial charge is 0.258 e. The molecule has 1 saturated heterocycles. The van der Waals surface area contributed by atoms with Crippen LogP contribution >= 0.6 is 0 Å². The lowest BCUT2D eigenvalue weighted by atomic mass is 9.97. The number of aliphatic hydroxyl groups is 1. The fourth-order valence-corrected chi connectivity index (χ4v) is 5.46. The van der Waals surface area contributed by atoms with Crippen LogP contribution in [0.25, 0.3) is 10.8 Å². The van der Waals surface area contributed by atoms with Gasteiger partial charge < -0.3 is 35.4 Å². The van der Waals surface area contributed by atoms with Gasteiger partial charge in [-0.15, -0.1) is 0 Å². The van der Waals surface area contributed by atoms with Gasteiger partial charge in [0.25, 0.3) is 11.8 Å². The van der Waals surface area contributed by atoms with Gasteiger partial charge in [-0.3, -0.25) is 24.2 Å². The van der Waals surface area contributed by atoms with Crippen LogP contribution < -0.4 is 20.7 Å². The van der Waals surface area contributed by atoms with Gasteiger partial charge >= 0.3 is 0 Å². The number of benzene rings is 2. The Bertz CT molecular complexity index is 1550. The van der Waals surface area contributed by atoms with E-state index in [4.69, 9.17) is 9.47 Å². The van der Waals surface area contributed by atoms with Crippen LogP contribution in [0.3, 0.4) is 0 Å². The quantitative estimate of drug-likeness (QED) is 0.233. The number of aromatic nitrogens is 1. The Morgan fingerprint density at radius 2 is 1.77 bits per heavy atom. The maximum Gasteiger partial charge on any atom is 0.258 e. The second kappa shape index (κ2) is 15.4. The van der Waals surface area contributed by atoms with Gasteiger partial charge in [0.1, 0.15) is 24.6 Å². The summed E-state index contributed by atoms with van der Waals surface area (Å²) in [7, 11) is 0. The van der Waals surface area contributed by atoms with E-state index in [1.54, 1.807) is 51.4 Å². The van der Waals surface area contributed by atoms with E-state index in [-0.39, 0.29) is 25.7 Å². The zero-order valence-corrected chi connectivity index (χ0v) is 27.7. The van der Waals surface area contributed by atoms with Crippen molar-refractivity contribution in [2.24, 2.45) is 5.92 Å². The van der Waals surface area contributed by atoms with Crippen molar-refractivity contribution in [1.82, 2.24) is 25.8 Å². The van der Waals surface area contributed by atoms with Gasteiger partial charge in [0.05, 0.1) is 12.1 Å². The number of aliphatic hydroxyl groups excluding tert-OH is 1. The lowest BCUT2D eigenvalue weighted by Gasteiger charge is -2.32. The SMILES string of the molecule is CC(C)[C@H](NC(=O)COc1cccc2cnccc12)C(=O)N[C@@H](Cc1ccccc1)[C@H](O)C(=O)N1CO[C@@H](C)[C@H]1C(=O)NC(C)(C)C. The Morgan fingerprint density at radius 3 is 2.45 bits per heavy atom. The number of amides is 4. The van der Waals surface area contributed by atoms with E-state index in [0.717, 1.165) is 16.3 Å². The topological polar surface area (TPSA) is 159 Å². The van der Waals surface area contributed by atoms with Gasteiger partial charge in [-0.25, -0.2) is 0 Å². The Morgan fingerprint density at radius 1 is 1.04 bits per heavy atom. The summed E-state index contributed by atoms with van der Waals surface area (Å²) in [5, 5.41) is 21.5. The number of rotatable bonds is 12. The van der Waals surface area contributed by atoms with Crippen molar-refractivity contribution >= 4 is 34.4 Å². The predicted molar refractivity (Wildman–Crippen MR) is 176 cm³/mol. The molecule has 0 spiro atoms. The van der Waals surface area contributed by atoms with Gasteiger partial charge in [-0.1, -0.05) is 56.3 Å². The van der Waals surface area contributed by atoms with E-state index in [9.17, 15) is 24.3 Å². The number of fused-ring (bicyclic) bond motifs is 1. The number of carbonyl (C=O) groups excluding carboxylic acids is 4. The van der Waals surface area contributed by atoms with Crippen LogP contribution in [0.1, 0.15) is 47.1 Å². The van der Waals surface area contributed by atoms with Crippen molar-refractivity contribution in [3.8, 4) is 5.75 Å². The van der Waals surface area contributed by atoms with Crippen molar-refractivity contribution in [1.29, 1.82) is 0 Å². The van der Waals surface area contributed by atoms with Crippen molar-refractivity contribution in [3.63, 3.8) is 0 Å². The van der Waals surface area contributed by atoms with Gasteiger partial charge in [0.15, 0.2) is 12.7 Å². The number of nitrogens with zero attached hydrogens (tertiary/aromatic N) is 2. The highest BCUT2D eigenvalue weighted by molar-refractivity contribution is 5.92. The molecule has 1 aliphatic rings. The molecule has 5 atom stereocenters. The van der Waals surface area contributed by atoms with E-state index >= 15 is 0 Å². The summed E-state index contributed by atoms with van der Waals surface area (Å²) in [6, 6.07) is 13.3. The molecule has 12 nitrogen and oxygen atoms in total. The summed E-state index contributed by atoms with van der Waals surface area (Å²) in [5.74, 6) is -2.09. The Balaban J connectivity index is 1.48. The molecule has 1 fully saturated rings. The highest BCUT2D eigenvalue weighted by Crippen LogP contribution is 2.24. The predicted octanol–water partition coefficient (Wildman–Crippen LogP) is 2.33. The van der Waals surface area contributed by atoms with Gasteiger partial charge in [-0.2, -0.15) is 0 Å². The normalized spacial score (nSPS) is 18.3. The average Bonchev–Trinajstić information content (AvgIpc) is 3.42. The molecule has 0 unspecified atom stereocenters. The number of pyridine rings is 1. The molecule has 0 bridgehead atoms. The standard InChI is InChI=1S/C35H45N5O7/c1-21(2)29(38-28(41)19-46-27-14-10-13-24-18-36-16-15-25(24)27)32(43)37-26(17-23-11-8-7-9-12-23)31(42)34(45)40-20-47-22(3)30(40)33(44)39-35(4,5)6/h7-16,18,21-22,26,29-31,42H,17,19-20H2,1-6H3,(H,37,43)(H,38,41)(H,39,44)/t22-,26-,29-,30-,31-/m0/s1. The summed E-state index contributed by atoms with van der Waals surface area (Å²) in [6.45, 7) is 10.2. The van der Waals surface area contributed by atoms with E-state index < -0.39 is 59.5 Å². The lowest BCUT2D eigenvalue weighted by molar-refractivity contribution is -0.148. The summed E-state index contributed by atoms with van der Waals surface area (Å²) < 4.78 is 11.4. The fraction of sp³-hybridized carbons (Fsp3) is 0.457. The van der Waals surface area contributed by atoms with Gasteiger partial charge in [0, 0.05) is 28.7 Å². The van der Waals surface area contributed by atoms with Crippen LogP contribution in [0, 0.1) is 5.92 Å². The molecule has 4 amide bonds. The first-order valence-electron chi connectivity index (χ1n) is 15.8. The molecule has 2 heterocycles. The van der Waals surface area contributed by atoms with Crippen molar-refractivity contribution in [2.75, 3.05) is 13.3 Å². The lowest BCUT2D eigenvalue weighted by Crippen LogP contribution is -2.60. The van der Waals surface area contributed by atoms with E-state index in [1.807, 2.05) is 57.2 Å². The summed E-state index contributed by atoms with van der Waals surface area (Å²) in [5.41, 5.74) is 0.214. The monoisotopic (exact) mass is 647 g/mol. The van der Waals surface area contributed by atoms with Crippen LogP contribution in [0.5, 0.6) is 5.75 Å². The van der Waals surface area contributed by atoms with Crippen LogP contribution in [-0.2, 0) is 30.3 Å². The minimum absolute atomic E-state index is 0.112. The molecule has 4 N–H and O–H groups in total. The zero-order valence-electron chi connectivity index (χ0n) is 27.7. The largest absolute Gasteiger partial charge is 0.483 e. The molecule has 1 aliphatic heterocycles. The number of hydrogen-bond donors (Lipinski definition) is 4. The third-order valence-corrected chi connectivity index (χ3v) is 7.83.